The Bertz CT molecular complexity index is 3350. The van der Waals surface area contributed by atoms with Crippen molar-refractivity contribution in [2.75, 3.05) is 11.1 Å². The van der Waals surface area contributed by atoms with E-state index >= 15 is 0 Å². The smallest absolute Gasteiger partial charge is 0.353 e. The number of carbonyl (C=O) groups is 2. The van der Waals surface area contributed by atoms with Gasteiger partial charge in [0, 0.05) is 53.6 Å². The summed E-state index contributed by atoms with van der Waals surface area (Å²) in [5.41, 5.74) is 10.1. The number of para-hydroxylation sites is 2. The van der Waals surface area contributed by atoms with Crippen LogP contribution < -0.4 is 22.4 Å². The minimum absolute atomic E-state index is 0.0995. The molecular formula is C46H38N12O5. The first kappa shape index (κ1) is 40.9. The summed E-state index contributed by atoms with van der Waals surface area (Å²) in [5.74, 6) is -1.57. The average Bonchev–Trinajstić information content (AvgIpc) is 3.82. The lowest BCUT2D eigenvalue weighted by atomic mass is 10.2. The van der Waals surface area contributed by atoms with Crippen LogP contribution >= 0.6 is 0 Å². The van der Waals surface area contributed by atoms with Gasteiger partial charge in [0.1, 0.15) is 11.4 Å². The summed E-state index contributed by atoms with van der Waals surface area (Å²) in [5, 5.41) is 22.7. The van der Waals surface area contributed by atoms with E-state index in [1.165, 1.54) is 19.8 Å². The van der Waals surface area contributed by atoms with Crippen molar-refractivity contribution in [1.29, 1.82) is 0 Å². The topological polar surface area (TPSA) is 223 Å². The van der Waals surface area contributed by atoms with Crippen molar-refractivity contribution in [2.45, 2.75) is 25.9 Å². The molecule has 0 radical (unpaired) electrons. The number of nitrogens with one attached hydrogen (secondary N) is 1. The normalized spacial score (nSPS) is 10.9. The van der Waals surface area contributed by atoms with E-state index in [1.807, 2.05) is 72.8 Å². The second-order valence-electron chi connectivity index (χ2n) is 14.0. The van der Waals surface area contributed by atoms with Crippen LogP contribution in [0.5, 0.6) is 0 Å². The number of carboxylic acid groups (broad SMARTS) is 1. The summed E-state index contributed by atoms with van der Waals surface area (Å²) in [6, 6.07) is 40.2. The van der Waals surface area contributed by atoms with Crippen molar-refractivity contribution in [3.63, 3.8) is 0 Å². The van der Waals surface area contributed by atoms with Gasteiger partial charge in [-0.3, -0.25) is 24.7 Å². The SMILES string of the molecule is Nc1cccnc1.O=C(Nc1cccnc1)c1cccc2nn(CCc3ccc4ccccc4n3)c(=O)n12.O=C(O)c1cccc2nn(CCc3ccc4ccccc4n3)c(=O)n12. The number of aryl methyl sites for hydroxylation is 4. The van der Waals surface area contributed by atoms with E-state index in [0.29, 0.717) is 48.6 Å². The number of pyridine rings is 6. The van der Waals surface area contributed by atoms with Crippen LogP contribution in [0.2, 0.25) is 0 Å². The zero-order valence-corrected chi connectivity index (χ0v) is 33.5. The molecule has 0 saturated heterocycles. The lowest BCUT2D eigenvalue weighted by Gasteiger charge is -2.05. The summed E-state index contributed by atoms with van der Waals surface area (Å²) in [6.07, 6.45) is 7.54. The number of nitrogens with zero attached hydrogens (tertiary/aromatic N) is 10. The Morgan fingerprint density at radius 2 is 1.10 bits per heavy atom. The Balaban J connectivity index is 0.000000152. The van der Waals surface area contributed by atoms with Gasteiger partial charge in [0.2, 0.25) is 0 Å². The molecule has 10 rings (SSSR count). The predicted octanol–water partition coefficient (Wildman–Crippen LogP) is 5.58. The number of amides is 1. The summed E-state index contributed by atoms with van der Waals surface area (Å²) >= 11 is 0. The number of aromatic nitrogens is 10. The van der Waals surface area contributed by atoms with E-state index in [4.69, 9.17) is 5.73 Å². The fraction of sp³-hybridized carbons (Fsp3) is 0.0870. The monoisotopic (exact) mass is 838 g/mol. The summed E-state index contributed by atoms with van der Waals surface area (Å²) in [6.45, 7) is 0.681. The number of carbonyl (C=O) groups excluding carboxylic acids is 1. The third-order valence-corrected chi connectivity index (χ3v) is 9.74. The van der Waals surface area contributed by atoms with Crippen LogP contribution in [0.3, 0.4) is 0 Å². The van der Waals surface area contributed by atoms with Crippen LogP contribution in [-0.2, 0) is 25.9 Å². The number of nitrogens with two attached hydrogens (primary N) is 1. The Morgan fingerprint density at radius 3 is 1.59 bits per heavy atom. The van der Waals surface area contributed by atoms with Gasteiger partial charge < -0.3 is 16.2 Å². The molecule has 0 atom stereocenters. The van der Waals surface area contributed by atoms with E-state index in [2.05, 4.69) is 35.5 Å². The van der Waals surface area contributed by atoms with Crippen molar-refractivity contribution in [1.82, 2.24) is 48.3 Å². The molecule has 17 nitrogen and oxygen atoms in total. The number of rotatable bonds is 9. The second kappa shape index (κ2) is 18.6. The number of anilines is 2. The second-order valence-corrected chi connectivity index (χ2v) is 14.0. The third-order valence-electron chi connectivity index (χ3n) is 9.74. The van der Waals surface area contributed by atoms with E-state index in [9.17, 15) is 24.3 Å². The molecule has 0 aliphatic heterocycles. The highest BCUT2D eigenvalue weighted by atomic mass is 16.4. The molecule has 63 heavy (non-hydrogen) atoms. The van der Waals surface area contributed by atoms with Crippen LogP contribution in [-0.4, -0.2) is 65.3 Å². The van der Waals surface area contributed by atoms with Crippen molar-refractivity contribution < 1.29 is 14.7 Å². The van der Waals surface area contributed by atoms with Gasteiger partial charge in [0.05, 0.1) is 41.7 Å². The Kier molecular flexibility index (Phi) is 12.1. The van der Waals surface area contributed by atoms with Gasteiger partial charge in [-0.15, -0.1) is 10.2 Å². The summed E-state index contributed by atoms with van der Waals surface area (Å²) in [7, 11) is 0. The van der Waals surface area contributed by atoms with E-state index in [0.717, 1.165) is 37.6 Å². The van der Waals surface area contributed by atoms with Crippen LogP contribution in [0.15, 0.2) is 168 Å². The molecule has 0 saturated carbocycles. The van der Waals surface area contributed by atoms with E-state index in [1.54, 1.807) is 79.4 Å². The Morgan fingerprint density at radius 1 is 0.571 bits per heavy atom. The number of aromatic carboxylic acids is 1. The minimum atomic E-state index is -1.16. The minimum Gasteiger partial charge on any atom is -0.477 e. The fourth-order valence-electron chi connectivity index (χ4n) is 6.70. The molecule has 8 heterocycles. The highest BCUT2D eigenvalue weighted by Gasteiger charge is 2.17. The van der Waals surface area contributed by atoms with Gasteiger partial charge in [0.25, 0.3) is 5.91 Å². The fourth-order valence-corrected chi connectivity index (χ4v) is 6.70. The molecule has 10 aromatic rings. The van der Waals surface area contributed by atoms with Gasteiger partial charge >= 0.3 is 17.3 Å². The summed E-state index contributed by atoms with van der Waals surface area (Å²) in [4.78, 5) is 66.4. The van der Waals surface area contributed by atoms with Crippen LogP contribution in [0.1, 0.15) is 32.4 Å². The largest absolute Gasteiger partial charge is 0.477 e. The highest BCUT2D eigenvalue weighted by Crippen LogP contribution is 2.15. The molecule has 0 spiro atoms. The number of nitrogen functional groups attached to an aromatic ring is 1. The molecule has 8 aromatic heterocycles. The molecule has 2 aromatic carbocycles. The van der Waals surface area contributed by atoms with Gasteiger partial charge in [-0.2, -0.15) is 0 Å². The lowest BCUT2D eigenvalue weighted by molar-refractivity contribution is 0.0688. The maximum atomic E-state index is 13.0. The first-order valence-electron chi connectivity index (χ1n) is 19.7. The van der Waals surface area contributed by atoms with E-state index in [-0.39, 0.29) is 17.1 Å². The van der Waals surface area contributed by atoms with Crippen molar-refractivity contribution in [3.8, 4) is 0 Å². The Labute approximate surface area is 357 Å². The first-order valence-corrected chi connectivity index (χ1v) is 19.7. The zero-order chi connectivity index (χ0) is 43.7. The molecule has 0 unspecified atom stereocenters. The maximum Gasteiger partial charge on any atom is 0.353 e. The number of hydrogen-bond donors (Lipinski definition) is 3. The van der Waals surface area contributed by atoms with Gasteiger partial charge in [-0.25, -0.2) is 32.5 Å². The summed E-state index contributed by atoms with van der Waals surface area (Å²) < 4.78 is 5.07. The average molecular weight is 839 g/mol. The van der Waals surface area contributed by atoms with Crippen LogP contribution in [0, 0.1) is 0 Å². The van der Waals surface area contributed by atoms with Gasteiger partial charge in [-0.1, -0.05) is 60.7 Å². The molecule has 312 valence electrons. The van der Waals surface area contributed by atoms with Crippen molar-refractivity contribution in [2.24, 2.45) is 0 Å². The molecule has 0 aliphatic carbocycles. The van der Waals surface area contributed by atoms with Gasteiger partial charge in [0.15, 0.2) is 11.3 Å². The number of carboxylic acids is 1. The standard InChI is InChI=1S/C23H18N6O2.C18H14N4O3.C5H6N2/c30-22(26-18-6-4-13-24-15-18)20-8-3-9-21-27-28(23(31)29(20)21)14-12-17-11-10-16-5-1-2-7-19(16)25-17;23-17(24)15-6-3-7-16-20-21(18(25)22(15)16)11-10-13-9-8-12-4-1-2-5-14(12)19-13;6-5-2-1-3-7-4-5/h1-11,13,15H,12,14H2,(H,26,30);1-9H,10-11H2,(H,23,24);1-4H,6H2. The molecule has 0 fully saturated rings. The first-order chi connectivity index (χ1) is 30.7. The molecule has 17 heteroatoms. The lowest BCUT2D eigenvalue weighted by Crippen LogP contribution is -2.26. The number of fused-ring (bicyclic) bond motifs is 4. The van der Waals surface area contributed by atoms with E-state index < -0.39 is 17.6 Å². The quantitative estimate of drug-likeness (QED) is 0.162. The van der Waals surface area contributed by atoms with Crippen LogP contribution in [0.25, 0.3) is 33.1 Å². The van der Waals surface area contributed by atoms with Crippen molar-refractivity contribution in [3.05, 3.63) is 202 Å². The third kappa shape index (κ3) is 9.47. The molecule has 0 aliphatic rings. The van der Waals surface area contributed by atoms with Crippen LogP contribution in [0.4, 0.5) is 11.4 Å². The maximum absolute atomic E-state index is 13.0. The predicted molar refractivity (Wildman–Crippen MR) is 238 cm³/mol. The Hall–Kier alpha value is -8.86. The molecule has 4 N–H and O–H groups in total. The highest BCUT2D eigenvalue weighted by molar-refractivity contribution is 6.03. The number of hydrogen-bond acceptors (Lipinski definition) is 11. The van der Waals surface area contributed by atoms with Gasteiger partial charge in [-0.05, 0) is 72.8 Å². The molecular weight excluding hydrogens is 801 g/mol. The number of benzene rings is 2. The van der Waals surface area contributed by atoms with Crippen molar-refractivity contribution >= 4 is 56.4 Å². The molecule has 0 bridgehead atoms. The zero-order valence-electron chi connectivity index (χ0n) is 33.5. The molecule has 1 amide bonds.